The van der Waals surface area contributed by atoms with Gasteiger partial charge >= 0.3 is 0 Å². The molecule has 17 heavy (non-hydrogen) atoms. The largest absolute Gasteiger partial charge is 0.393 e. The zero-order valence-electron chi connectivity index (χ0n) is 9.00. The van der Waals surface area contributed by atoms with E-state index < -0.39 is 11.7 Å². The van der Waals surface area contributed by atoms with Gasteiger partial charge in [-0.25, -0.2) is 4.39 Å². The van der Waals surface area contributed by atoms with Crippen LogP contribution in [0.15, 0.2) is 22.7 Å². The first-order chi connectivity index (χ1) is 8.02. The Hall–Kier alpha value is -1.01. The van der Waals surface area contributed by atoms with Crippen LogP contribution in [0.1, 0.15) is 23.2 Å². The van der Waals surface area contributed by atoms with Crippen molar-refractivity contribution < 1.29 is 9.18 Å². The van der Waals surface area contributed by atoms with E-state index in [4.69, 9.17) is 18.0 Å². The highest BCUT2D eigenvalue weighted by Gasteiger charge is 2.14. The smallest absolute Gasteiger partial charge is 0.255 e. The summed E-state index contributed by atoms with van der Waals surface area (Å²) in [5, 5.41) is 2.61. The summed E-state index contributed by atoms with van der Waals surface area (Å²) in [5.41, 5.74) is 5.34. The van der Waals surface area contributed by atoms with Gasteiger partial charge in [0.25, 0.3) is 5.91 Å². The van der Waals surface area contributed by atoms with E-state index in [1.165, 1.54) is 12.1 Å². The molecule has 0 aromatic heterocycles. The molecule has 0 spiro atoms. The molecular formula is C11H12BrFN2OS. The van der Waals surface area contributed by atoms with E-state index >= 15 is 0 Å². The van der Waals surface area contributed by atoms with Crippen LogP contribution < -0.4 is 11.1 Å². The number of carbonyl (C=O) groups excluding carboxylic acids is 1. The zero-order valence-corrected chi connectivity index (χ0v) is 11.4. The highest BCUT2D eigenvalue weighted by atomic mass is 79.9. The first-order valence-corrected chi connectivity index (χ1v) is 6.23. The molecule has 0 bridgehead atoms. The van der Waals surface area contributed by atoms with Gasteiger partial charge in [-0.2, -0.15) is 0 Å². The van der Waals surface area contributed by atoms with E-state index in [1.807, 2.05) is 0 Å². The Morgan fingerprint density at radius 1 is 1.53 bits per heavy atom. The predicted molar refractivity (Wildman–Crippen MR) is 72.5 cm³/mol. The predicted octanol–water partition coefficient (Wildman–Crippen LogP) is 2.38. The molecule has 0 aliphatic carbocycles. The van der Waals surface area contributed by atoms with Crippen molar-refractivity contribution in [3.63, 3.8) is 0 Å². The van der Waals surface area contributed by atoms with E-state index in [0.717, 1.165) is 0 Å². The van der Waals surface area contributed by atoms with Crippen LogP contribution in [-0.4, -0.2) is 17.4 Å². The van der Waals surface area contributed by atoms with Crippen LogP contribution in [-0.2, 0) is 0 Å². The van der Waals surface area contributed by atoms with E-state index in [0.29, 0.717) is 28.8 Å². The molecule has 0 fully saturated rings. The topological polar surface area (TPSA) is 55.1 Å². The molecule has 0 atom stereocenters. The number of hydrogen-bond donors (Lipinski definition) is 2. The van der Waals surface area contributed by atoms with Crippen LogP contribution in [0.4, 0.5) is 4.39 Å². The molecule has 0 saturated carbocycles. The van der Waals surface area contributed by atoms with Gasteiger partial charge in [0, 0.05) is 11.0 Å². The van der Waals surface area contributed by atoms with E-state index in [1.54, 1.807) is 6.07 Å². The van der Waals surface area contributed by atoms with Crippen LogP contribution in [0.3, 0.4) is 0 Å². The molecule has 1 amide bonds. The normalized spacial score (nSPS) is 10.0. The molecular weight excluding hydrogens is 307 g/mol. The second kappa shape index (κ2) is 6.66. The Balaban J connectivity index is 2.55. The van der Waals surface area contributed by atoms with E-state index in [9.17, 15) is 9.18 Å². The number of halogens is 2. The summed E-state index contributed by atoms with van der Waals surface area (Å²) >= 11 is 7.85. The van der Waals surface area contributed by atoms with Gasteiger partial charge in [-0.1, -0.05) is 18.3 Å². The summed E-state index contributed by atoms with van der Waals surface area (Å²) in [7, 11) is 0. The molecule has 3 N–H and O–H groups in total. The number of hydrogen-bond acceptors (Lipinski definition) is 2. The average Bonchev–Trinajstić information content (AvgIpc) is 2.24. The van der Waals surface area contributed by atoms with Crippen molar-refractivity contribution in [2.45, 2.75) is 12.8 Å². The van der Waals surface area contributed by atoms with Crippen molar-refractivity contribution in [3.05, 3.63) is 34.1 Å². The molecule has 0 radical (unpaired) electrons. The quantitative estimate of drug-likeness (QED) is 0.647. The van der Waals surface area contributed by atoms with Crippen LogP contribution in [0, 0.1) is 5.82 Å². The molecule has 3 nitrogen and oxygen atoms in total. The van der Waals surface area contributed by atoms with Crippen LogP contribution in [0.2, 0.25) is 0 Å². The fourth-order valence-corrected chi connectivity index (χ4v) is 1.93. The summed E-state index contributed by atoms with van der Waals surface area (Å²) in [6.07, 6.45) is 1.21. The lowest BCUT2D eigenvalue weighted by Gasteiger charge is -2.07. The van der Waals surface area contributed by atoms with Gasteiger partial charge in [0.05, 0.1) is 10.6 Å². The Bertz CT molecular complexity index is 419. The minimum absolute atomic E-state index is 0.0165. The Kier molecular flexibility index (Phi) is 5.50. The minimum atomic E-state index is -0.550. The third kappa shape index (κ3) is 4.40. The minimum Gasteiger partial charge on any atom is -0.393 e. The van der Waals surface area contributed by atoms with Gasteiger partial charge in [0.15, 0.2) is 0 Å². The van der Waals surface area contributed by atoms with Crippen molar-refractivity contribution in [2.75, 3.05) is 6.54 Å². The Labute approximate surface area is 113 Å². The molecule has 1 aromatic rings. The van der Waals surface area contributed by atoms with E-state index in [2.05, 4.69) is 21.2 Å². The average molecular weight is 319 g/mol. The Morgan fingerprint density at radius 2 is 2.24 bits per heavy atom. The number of rotatable bonds is 5. The SMILES string of the molecule is NC(=S)CCCNC(=O)c1c(F)cccc1Br. The molecule has 1 rings (SSSR count). The van der Waals surface area contributed by atoms with E-state index in [-0.39, 0.29) is 5.56 Å². The van der Waals surface area contributed by atoms with Crippen molar-refractivity contribution in [1.29, 1.82) is 0 Å². The molecule has 6 heteroatoms. The summed E-state index contributed by atoms with van der Waals surface area (Å²) in [6.45, 7) is 0.414. The number of carbonyl (C=O) groups is 1. The molecule has 0 aliphatic heterocycles. The third-order valence-electron chi connectivity index (χ3n) is 2.08. The highest BCUT2D eigenvalue weighted by Crippen LogP contribution is 2.19. The molecule has 1 aromatic carbocycles. The lowest BCUT2D eigenvalue weighted by molar-refractivity contribution is 0.0948. The maximum Gasteiger partial charge on any atom is 0.255 e. The summed E-state index contributed by atoms with van der Waals surface area (Å²) in [5.74, 6) is -0.996. The lowest BCUT2D eigenvalue weighted by Crippen LogP contribution is -2.26. The van der Waals surface area contributed by atoms with Crippen molar-refractivity contribution >= 4 is 39.0 Å². The molecule has 0 saturated heterocycles. The summed E-state index contributed by atoms with van der Waals surface area (Å²) in [6, 6.07) is 4.39. The molecule has 92 valence electrons. The summed E-state index contributed by atoms with van der Waals surface area (Å²) in [4.78, 5) is 12.1. The second-order valence-corrected chi connectivity index (χ2v) is 4.80. The first kappa shape index (κ1) is 14.1. The van der Waals surface area contributed by atoms with Crippen LogP contribution in [0.5, 0.6) is 0 Å². The van der Waals surface area contributed by atoms with Gasteiger partial charge in [-0.3, -0.25) is 4.79 Å². The molecule has 0 unspecified atom stereocenters. The second-order valence-electron chi connectivity index (χ2n) is 3.42. The number of amides is 1. The van der Waals surface area contributed by atoms with Crippen LogP contribution >= 0.6 is 28.1 Å². The number of nitrogens with two attached hydrogens (primary N) is 1. The number of thiocarbonyl (C=S) groups is 1. The standard InChI is InChI=1S/C11H12BrFN2OS/c12-7-3-1-4-8(13)10(7)11(16)15-6-2-5-9(14)17/h1,3-4H,2,5-6H2,(H2,14,17)(H,15,16). The lowest BCUT2D eigenvalue weighted by atomic mass is 10.2. The van der Waals surface area contributed by atoms with Gasteiger partial charge in [-0.15, -0.1) is 0 Å². The van der Waals surface area contributed by atoms with Crippen molar-refractivity contribution in [3.8, 4) is 0 Å². The fourth-order valence-electron chi connectivity index (χ4n) is 1.27. The highest BCUT2D eigenvalue weighted by molar-refractivity contribution is 9.10. The monoisotopic (exact) mass is 318 g/mol. The van der Waals surface area contributed by atoms with Crippen molar-refractivity contribution in [2.24, 2.45) is 5.73 Å². The van der Waals surface area contributed by atoms with Gasteiger partial charge in [0.1, 0.15) is 5.82 Å². The Morgan fingerprint density at radius 3 is 2.82 bits per heavy atom. The maximum absolute atomic E-state index is 13.4. The van der Waals surface area contributed by atoms with Gasteiger partial charge in [0.2, 0.25) is 0 Å². The first-order valence-electron chi connectivity index (χ1n) is 5.03. The van der Waals surface area contributed by atoms with Crippen LogP contribution in [0.25, 0.3) is 0 Å². The van der Waals surface area contributed by atoms with Crippen molar-refractivity contribution in [1.82, 2.24) is 5.32 Å². The number of nitrogens with one attached hydrogen (secondary N) is 1. The number of benzene rings is 1. The zero-order chi connectivity index (χ0) is 12.8. The maximum atomic E-state index is 13.4. The molecule has 0 aliphatic rings. The molecule has 0 heterocycles. The van der Waals surface area contributed by atoms with Gasteiger partial charge < -0.3 is 11.1 Å². The fraction of sp³-hybridized carbons (Fsp3) is 0.273. The third-order valence-corrected chi connectivity index (χ3v) is 2.94. The van der Waals surface area contributed by atoms with Gasteiger partial charge in [-0.05, 0) is 40.9 Å². The summed E-state index contributed by atoms with van der Waals surface area (Å²) < 4.78 is 13.8.